The average Bonchev–Trinajstić information content (AvgIpc) is 2.38. The number of aliphatic hydroxyl groups is 1. The molecule has 102 valence electrons. The monoisotopic (exact) mass is 258 g/mol. The first-order valence-electron chi connectivity index (χ1n) is 7.15. The number of rotatable bonds is 6. The SMILES string of the molecule is OCCC#Cc1ccccc1COCCC1CCC1. The van der Waals surface area contributed by atoms with Crippen molar-refractivity contribution in [3.63, 3.8) is 0 Å². The third-order valence-electron chi connectivity index (χ3n) is 3.63. The summed E-state index contributed by atoms with van der Waals surface area (Å²) in [6.07, 6.45) is 5.88. The van der Waals surface area contributed by atoms with Gasteiger partial charge in [-0.3, -0.25) is 0 Å². The van der Waals surface area contributed by atoms with Crippen LogP contribution in [0.15, 0.2) is 24.3 Å². The summed E-state index contributed by atoms with van der Waals surface area (Å²) in [6, 6.07) is 8.07. The summed E-state index contributed by atoms with van der Waals surface area (Å²) in [7, 11) is 0. The molecule has 2 rings (SSSR count). The molecule has 19 heavy (non-hydrogen) atoms. The van der Waals surface area contributed by atoms with Gasteiger partial charge >= 0.3 is 0 Å². The van der Waals surface area contributed by atoms with E-state index in [0.717, 1.165) is 23.7 Å². The van der Waals surface area contributed by atoms with Crippen molar-refractivity contribution in [3.8, 4) is 11.8 Å². The summed E-state index contributed by atoms with van der Waals surface area (Å²) in [4.78, 5) is 0. The maximum atomic E-state index is 8.74. The highest BCUT2D eigenvalue weighted by molar-refractivity contribution is 5.40. The second kappa shape index (κ2) is 7.99. The molecule has 0 atom stereocenters. The van der Waals surface area contributed by atoms with Crippen LogP contribution >= 0.6 is 0 Å². The summed E-state index contributed by atoms with van der Waals surface area (Å²) >= 11 is 0. The van der Waals surface area contributed by atoms with Gasteiger partial charge in [0.25, 0.3) is 0 Å². The van der Waals surface area contributed by atoms with E-state index in [2.05, 4.69) is 17.9 Å². The molecular formula is C17H22O2. The Morgan fingerprint density at radius 1 is 1.26 bits per heavy atom. The zero-order valence-electron chi connectivity index (χ0n) is 11.4. The Labute approximate surface area is 115 Å². The number of ether oxygens (including phenoxy) is 1. The van der Waals surface area contributed by atoms with E-state index in [1.165, 1.54) is 25.7 Å². The minimum Gasteiger partial charge on any atom is -0.395 e. The molecular weight excluding hydrogens is 236 g/mol. The molecule has 1 aliphatic rings. The normalized spacial score (nSPS) is 14.6. The number of aliphatic hydroxyl groups excluding tert-OH is 1. The molecule has 0 heterocycles. The van der Waals surface area contributed by atoms with Gasteiger partial charge in [-0.15, -0.1) is 0 Å². The lowest BCUT2D eigenvalue weighted by Gasteiger charge is -2.24. The van der Waals surface area contributed by atoms with E-state index in [-0.39, 0.29) is 6.61 Å². The van der Waals surface area contributed by atoms with Crippen LogP contribution in [-0.4, -0.2) is 18.3 Å². The Morgan fingerprint density at radius 3 is 2.84 bits per heavy atom. The van der Waals surface area contributed by atoms with Crippen molar-refractivity contribution in [1.29, 1.82) is 0 Å². The maximum Gasteiger partial charge on any atom is 0.0728 e. The summed E-state index contributed by atoms with van der Waals surface area (Å²) in [5, 5.41) is 8.74. The van der Waals surface area contributed by atoms with Crippen LogP contribution in [0, 0.1) is 17.8 Å². The molecule has 0 unspecified atom stereocenters. The van der Waals surface area contributed by atoms with E-state index in [0.29, 0.717) is 13.0 Å². The molecule has 1 fully saturated rings. The van der Waals surface area contributed by atoms with Crippen LogP contribution in [0.3, 0.4) is 0 Å². The van der Waals surface area contributed by atoms with Crippen molar-refractivity contribution in [1.82, 2.24) is 0 Å². The lowest BCUT2D eigenvalue weighted by Crippen LogP contribution is -2.13. The number of hydrogen-bond acceptors (Lipinski definition) is 2. The topological polar surface area (TPSA) is 29.5 Å². The van der Waals surface area contributed by atoms with Crippen molar-refractivity contribution in [3.05, 3.63) is 35.4 Å². The van der Waals surface area contributed by atoms with Crippen LogP contribution in [0.5, 0.6) is 0 Å². The average molecular weight is 258 g/mol. The van der Waals surface area contributed by atoms with Crippen molar-refractivity contribution < 1.29 is 9.84 Å². The molecule has 1 saturated carbocycles. The second-order valence-electron chi connectivity index (χ2n) is 5.07. The van der Waals surface area contributed by atoms with Crippen molar-refractivity contribution >= 4 is 0 Å². The zero-order chi connectivity index (χ0) is 13.3. The first kappa shape index (κ1) is 14.1. The second-order valence-corrected chi connectivity index (χ2v) is 5.07. The summed E-state index contributed by atoms with van der Waals surface area (Å²) < 4.78 is 5.76. The van der Waals surface area contributed by atoms with E-state index in [9.17, 15) is 0 Å². The number of benzene rings is 1. The van der Waals surface area contributed by atoms with Crippen LogP contribution < -0.4 is 0 Å². The van der Waals surface area contributed by atoms with E-state index >= 15 is 0 Å². The minimum absolute atomic E-state index is 0.118. The van der Waals surface area contributed by atoms with E-state index in [1.54, 1.807) is 0 Å². The molecule has 2 heteroatoms. The van der Waals surface area contributed by atoms with Gasteiger partial charge < -0.3 is 9.84 Å². The maximum absolute atomic E-state index is 8.74. The Hall–Kier alpha value is -1.30. The molecule has 0 amide bonds. The Morgan fingerprint density at radius 2 is 2.11 bits per heavy atom. The molecule has 1 aromatic carbocycles. The molecule has 1 N–H and O–H groups in total. The summed E-state index contributed by atoms with van der Waals surface area (Å²) in [5.74, 6) is 6.96. The van der Waals surface area contributed by atoms with Crippen molar-refractivity contribution in [2.24, 2.45) is 5.92 Å². The van der Waals surface area contributed by atoms with Gasteiger partial charge in [0.1, 0.15) is 0 Å². The Bertz CT molecular complexity index is 438. The lowest BCUT2D eigenvalue weighted by molar-refractivity contribution is 0.0949. The first-order chi connectivity index (χ1) is 9.40. The third-order valence-corrected chi connectivity index (χ3v) is 3.63. The van der Waals surface area contributed by atoms with Gasteiger partial charge in [0, 0.05) is 18.6 Å². The van der Waals surface area contributed by atoms with Crippen LogP contribution in [0.25, 0.3) is 0 Å². The Kier molecular flexibility index (Phi) is 5.94. The summed E-state index contributed by atoms with van der Waals surface area (Å²) in [5.41, 5.74) is 2.15. The van der Waals surface area contributed by atoms with Gasteiger partial charge in [-0.05, 0) is 24.0 Å². The molecule has 0 saturated heterocycles. The molecule has 0 radical (unpaired) electrons. The zero-order valence-corrected chi connectivity index (χ0v) is 11.4. The minimum atomic E-state index is 0.118. The molecule has 0 spiro atoms. The molecule has 2 nitrogen and oxygen atoms in total. The van der Waals surface area contributed by atoms with Gasteiger partial charge in [-0.25, -0.2) is 0 Å². The Balaban J connectivity index is 1.79. The third kappa shape index (κ3) is 4.70. The lowest BCUT2D eigenvalue weighted by atomic mass is 9.83. The van der Waals surface area contributed by atoms with Gasteiger partial charge in [0.05, 0.1) is 13.2 Å². The van der Waals surface area contributed by atoms with E-state index in [1.807, 2.05) is 18.2 Å². The molecule has 0 bridgehead atoms. The van der Waals surface area contributed by atoms with Gasteiger partial charge in [0.2, 0.25) is 0 Å². The van der Waals surface area contributed by atoms with Crippen LogP contribution in [0.2, 0.25) is 0 Å². The van der Waals surface area contributed by atoms with E-state index < -0.39 is 0 Å². The quantitative estimate of drug-likeness (QED) is 0.627. The molecule has 0 aromatic heterocycles. The fraction of sp³-hybridized carbons (Fsp3) is 0.529. The standard InChI is InChI=1S/C17H22O2/c18-12-4-3-9-16-8-1-2-10-17(16)14-19-13-11-15-6-5-7-15/h1-2,8,10,15,18H,4-7,11-14H2. The van der Waals surface area contributed by atoms with E-state index in [4.69, 9.17) is 9.84 Å². The van der Waals surface area contributed by atoms with Crippen molar-refractivity contribution in [2.75, 3.05) is 13.2 Å². The predicted octanol–water partition coefficient (Wildman–Crippen LogP) is 3.13. The fourth-order valence-electron chi connectivity index (χ4n) is 2.20. The van der Waals surface area contributed by atoms with Gasteiger partial charge in [-0.2, -0.15) is 0 Å². The van der Waals surface area contributed by atoms with Gasteiger partial charge in [0.15, 0.2) is 0 Å². The predicted molar refractivity (Wildman–Crippen MR) is 76.6 cm³/mol. The summed E-state index contributed by atoms with van der Waals surface area (Å²) in [6.45, 7) is 1.60. The van der Waals surface area contributed by atoms with Crippen LogP contribution in [0.4, 0.5) is 0 Å². The van der Waals surface area contributed by atoms with Gasteiger partial charge in [-0.1, -0.05) is 49.3 Å². The highest BCUT2D eigenvalue weighted by Gasteiger charge is 2.16. The van der Waals surface area contributed by atoms with Crippen molar-refractivity contribution in [2.45, 2.75) is 38.7 Å². The fourth-order valence-corrected chi connectivity index (χ4v) is 2.20. The van der Waals surface area contributed by atoms with Crippen LogP contribution in [0.1, 0.15) is 43.2 Å². The first-order valence-corrected chi connectivity index (χ1v) is 7.15. The van der Waals surface area contributed by atoms with Crippen LogP contribution in [-0.2, 0) is 11.3 Å². The smallest absolute Gasteiger partial charge is 0.0728 e. The molecule has 1 aliphatic carbocycles. The molecule has 1 aromatic rings. The number of hydrogen-bond donors (Lipinski definition) is 1. The highest BCUT2D eigenvalue weighted by Crippen LogP contribution is 2.29. The largest absolute Gasteiger partial charge is 0.395 e. The highest BCUT2D eigenvalue weighted by atomic mass is 16.5. The molecule has 0 aliphatic heterocycles.